The Hall–Kier alpha value is -3.04. The van der Waals surface area contributed by atoms with Crippen molar-refractivity contribution in [1.29, 1.82) is 0 Å². The second-order valence-corrected chi connectivity index (χ2v) is 7.85. The van der Waals surface area contributed by atoms with Crippen LogP contribution in [0.5, 0.6) is 5.75 Å². The van der Waals surface area contributed by atoms with Gasteiger partial charge in [-0.05, 0) is 36.8 Å². The van der Waals surface area contributed by atoms with Gasteiger partial charge in [0, 0.05) is 39.1 Å². The van der Waals surface area contributed by atoms with Crippen LogP contribution < -0.4 is 15.7 Å². The molecule has 0 bridgehead atoms. The van der Waals surface area contributed by atoms with E-state index >= 15 is 0 Å². The van der Waals surface area contributed by atoms with Gasteiger partial charge in [0.2, 0.25) is 0 Å². The number of carbonyl (C=O) groups is 1. The summed E-state index contributed by atoms with van der Waals surface area (Å²) in [4.78, 5) is 33.1. The Morgan fingerprint density at radius 1 is 1.33 bits per heavy atom. The zero-order valence-corrected chi connectivity index (χ0v) is 17.9. The number of likely N-dealkylation sites (tertiary alicyclic amines) is 1. The van der Waals surface area contributed by atoms with Crippen molar-refractivity contribution in [1.82, 2.24) is 24.8 Å². The standard InChI is InChI=1S/C21H23N5O3S/c1-12-18(7-6-16(23-12)19(27)22-2)29-14-10-26(11-14)9-13-4-5-15-17(8-13)24-21(28)25(3)20(15)30/h4-8,14H,9-11H2,1-3H3,(H,22,27)(H,24,28). The first-order valence-corrected chi connectivity index (χ1v) is 10.1. The normalized spacial score (nSPS) is 14.5. The number of aromatic nitrogens is 3. The molecule has 8 nitrogen and oxygen atoms in total. The zero-order valence-electron chi connectivity index (χ0n) is 17.1. The third kappa shape index (κ3) is 3.86. The number of hydrogen-bond donors (Lipinski definition) is 2. The van der Waals surface area contributed by atoms with Gasteiger partial charge in [-0.25, -0.2) is 9.78 Å². The van der Waals surface area contributed by atoms with Crippen LogP contribution in [0.15, 0.2) is 35.1 Å². The molecule has 30 heavy (non-hydrogen) atoms. The number of amides is 1. The van der Waals surface area contributed by atoms with E-state index in [4.69, 9.17) is 17.0 Å². The first-order chi connectivity index (χ1) is 14.4. The maximum atomic E-state index is 12.0. The molecule has 0 spiro atoms. The van der Waals surface area contributed by atoms with Gasteiger partial charge in [0.15, 0.2) is 0 Å². The third-order valence-corrected chi connectivity index (χ3v) is 5.78. The van der Waals surface area contributed by atoms with Crippen molar-refractivity contribution >= 4 is 29.0 Å². The molecule has 0 saturated carbocycles. The Morgan fingerprint density at radius 2 is 2.10 bits per heavy atom. The topological polar surface area (TPSA) is 92.2 Å². The lowest BCUT2D eigenvalue weighted by Gasteiger charge is -2.39. The molecule has 1 aliphatic heterocycles. The molecule has 4 rings (SSSR count). The molecule has 0 unspecified atom stereocenters. The molecule has 1 aromatic carbocycles. The Bertz CT molecular complexity index is 1240. The average molecular weight is 426 g/mol. The summed E-state index contributed by atoms with van der Waals surface area (Å²) in [6, 6.07) is 9.44. The van der Waals surface area contributed by atoms with Crippen molar-refractivity contribution in [3.05, 3.63) is 62.4 Å². The Balaban J connectivity index is 1.38. The van der Waals surface area contributed by atoms with Crippen LogP contribution in [0.25, 0.3) is 10.9 Å². The summed E-state index contributed by atoms with van der Waals surface area (Å²) in [5.41, 5.74) is 2.72. The first-order valence-electron chi connectivity index (χ1n) is 9.66. The summed E-state index contributed by atoms with van der Waals surface area (Å²) in [5.74, 6) is 0.481. The lowest BCUT2D eigenvalue weighted by molar-refractivity contribution is 0.0139. The number of nitrogens with one attached hydrogen (secondary N) is 2. The average Bonchev–Trinajstić information content (AvgIpc) is 2.70. The molecular weight excluding hydrogens is 402 g/mol. The maximum absolute atomic E-state index is 12.0. The summed E-state index contributed by atoms with van der Waals surface area (Å²) in [6.45, 7) is 4.18. The maximum Gasteiger partial charge on any atom is 0.326 e. The van der Waals surface area contributed by atoms with Crippen molar-refractivity contribution in [2.24, 2.45) is 7.05 Å². The van der Waals surface area contributed by atoms with Gasteiger partial charge in [-0.15, -0.1) is 0 Å². The van der Waals surface area contributed by atoms with Gasteiger partial charge in [-0.2, -0.15) is 0 Å². The number of H-pyrrole nitrogens is 1. The highest BCUT2D eigenvalue weighted by Crippen LogP contribution is 2.23. The van der Waals surface area contributed by atoms with Crippen molar-refractivity contribution in [3.63, 3.8) is 0 Å². The fourth-order valence-electron chi connectivity index (χ4n) is 3.54. The molecule has 0 radical (unpaired) electrons. The van der Waals surface area contributed by atoms with Crippen molar-refractivity contribution in [3.8, 4) is 5.75 Å². The zero-order chi connectivity index (χ0) is 21.4. The van der Waals surface area contributed by atoms with Crippen LogP contribution in [0.1, 0.15) is 21.7 Å². The van der Waals surface area contributed by atoms with E-state index in [2.05, 4.69) is 20.2 Å². The highest BCUT2D eigenvalue weighted by atomic mass is 32.1. The molecular formula is C21H23N5O3S. The summed E-state index contributed by atoms with van der Waals surface area (Å²) in [5, 5.41) is 3.43. The van der Waals surface area contributed by atoms with Crippen molar-refractivity contribution in [2.45, 2.75) is 19.6 Å². The monoisotopic (exact) mass is 425 g/mol. The number of fused-ring (bicyclic) bond motifs is 1. The summed E-state index contributed by atoms with van der Waals surface area (Å²) in [6.07, 6.45) is 0.0786. The van der Waals surface area contributed by atoms with E-state index in [9.17, 15) is 9.59 Å². The summed E-state index contributed by atoms with van der Waals surface area (Å²) in [7, 11) is 3.24. The Morgan fingerprint density at radius 3 is 2.80 bits per heavy atom. The largest absolute Gasteiger partial charge is 0.486 e. The molecule has 0 aliphatic carbocycles. The predicted molar refractivity (Wildman–Crippen MR) is 116 cm³/mol. The molecule has 1 aliphatic rings. The Labute approximate surface area is 178 Å². The molecule has 3 heterocycles. The van der Waals surface area contributed by atoms with Gasteiger partial charge < -0.3 is 15.0 Å². The molecule has 9 heteroatoms. The fourth-order valence-corrected chi connectivity index (χ4v) is 3.80. The number of pyridine rings is 1. The van der Waals surface area contributed by atoms with E-state index in [0.717, 1.165) is 36.1 Å². The van der Waals surface area contributed by atoms with E-state index in [1.165, 1.54) is 4.57 Å². The minimum atomic E-state index is -0.215. The van der Waals surface area contributed by atoms with Crippen LogP contribution in [0, 0.1) is 11.6 Å². The number of rotatable bonds is 5. The van der Waals surface area contributed by atoms with Crippen LogP contribution in [0.4, 0.5) is 0 Å². The van der Waals surface area contributed by atoms with Crippen LogP contribution >= 0.6 is 12.2 Å². The SMILES string of the molecule is CNC(=O)c1ccc(OC2CN(Cc3ccc4c(=S)n(C)c(=O)[nH]c4c3)C2)c(C)n1. The minimum absolute atomic E-state index is 0.0786. The van der Waals surface area contributed by atoms with Gasteiger partial charge in [0.25, 0.3) is 5.91 Å². The number of aryl methyl sites for hydroxylation is 1. The molecule has 0 atom stereocenters. The Kier molecular flexibility index (Phi) is 5.40. The molecule has 1 amide bonds. The van der Waals surface area contributed by atoms with E-state index in [1.807, 2.05) is 25.1 Å². The van der Waals surface area contributed by atoms with Gasteiger partial charge in [-0.1, -0.05) is 18.3 Å². The number of ether oxygens (including phenoxy) is 1. The molecule has 156 valence electrons. The number of aromatic amines is 1. The van der Waals surface area contributed by atoms with Crippen LogP contribution in [-0.4, -0.2) is 51.6 Å². The molecule has 2 aromatic heterocycles. The van der Waals surface area contributed by atoms with E-state index < -0.39 is 0 Å². The molecule has 1 fully saturated rings. The molecule has 3 aromatic rings. The number of nitrogens with zero attached hydrogens (tertiary/aromatic N) is 3. The van der Waals surface area contributed by atoms with E-state index in [-0.39, 0.29) is 17.7 Å². The third-order valence-electron chi connectivity index (χ3n) is 5.29. The fraction of sp³-hybridized carbons (Fsp3) is 0.333. The minimum Gasteiger partial charge on any atom is -0.486 e. The smallest absolute Gasteiger partial charge is 0.326 e. The van der Waals surface area contributed by atoms with Crippen molar-refractivity contribution in [2.75, 3.05) is 20.1 Å². The van der Waals surface area contributed by atoms with Gasteiger partial charge >= 0.3 is 5.69 Å². The second-order valence-electron chi connectivity index (χ2n) is 7.47. The molecule has 2 N–H and O–H groups in total. The van der Waals surface area contributed by atoms with E-state index in [0.29, 0.717) is 21.8 Å². The lowest BCUT2D eigenvalue weighted by atomic mass is 10.1. The lowest BCUT2D eigenvalue weighted by Crippen LogP contribution is -2.53. The first kappa shape index (κ1) is 20.2. The highest BCUT2D eigenvalue weighted by molar-refractivity contribution is 7.71. The summed E-state index contributed by atoms with van der Waals surface area (Å²) >= 11 is 5.35. The number of benzene rings is 1. The predicted octanol–water partition coefficient (Wildman–Crippen LogP) is 1.92. The van der Waals surface area contributed by atoms with Crippen molar-refractivity contribution < 1.29 is 9.53 Å². The van der Waals surface area contributed by atoms with Gasteiger partial charge in [-0.3, -0.25) is 14.3 Å². The summed E-state index contributed by atoms with van der Waals surface area (Å²) < 4.78 is 8.00. The quantitative estimate of drug-likeness (QED) is 0.607. The van der Waals surface area contributed by atoms with Crippen LogP contribution in [-0.2, 0) is 13.6 Å². The van der Waals surface area contributed by atoms with Crippen LogP contribution in [0.2, 0.25) is 0 Å². The molecule has 1 saturated heterocycles. The van der Waals surface area contributed by atoms with Crippen LogP contribution in [0.3, 0.4) is 0 Å². The van der Waals surface area contributed by atoms with E-state index in [1.54, 1.807) is 26.2 Å². The highest BCUT2D eigenvalue weighted by Gasteiger charge is 2.29. The number of hydrogen-bond acceptors (Lipinski definition) is 6. The number of carbonyl (C=O) groups excluding carboxylic acids is 1. The van der Waals surface area contributed by atoms with Gasteiger partial charge in [0.05, 0.1) is 11.2 Å². The second kappa shape index (κ2) is 8.00. The van der Waals surface area contributed by atoms with Gasteiger partial charge in [0.1, 0.15) is 22.2 Å².